The smallest absolute Gasteiger partial charge is 0.366 e. The van der Waals surface area contributed by atoms with Crippen molar-refractivity contribution in [3.8, 4) is 0 Å². The van der Waals surface area contributed by atoms with Crippen LogP contribution in [-0.4, -0.2) is 29.9 Å². The Morgan fingerprint density at radius 2 is 1.83 bits per heavy atom. The van der Waals surface area contributed by atoms with Crippen LogP contribution in [0.15, 0.2) is 12.3 Å². The van der Waals surface area contributed by atoms with E-state index in [1.54, 1.807) is 0 Å². The third kappa shape index (κ3) is 3.23. The first kappa shape index (κ1) is 17.4. The summed E-state index contributed by atoms with van der Waals surface area (Å²) >= 11 is 0. The average Bonchev–Trinajstić information content (AvgIpc) is 2.43. The SMILES string of the molecule is C[C@@H]1CN(c2cc(C(N)=O)c(C(F)(F)F)cn2)C[C@H](C)C1(F)F. The zero-order valence-corrected chi connectivity index (χ0v) is 12.5. The first-order chi connectivity index (χ1) is 10.4. The molecule has 128 valence electrons. The van der Waals surface area contributed by atoms with Crippen LogP contribution in [0.25, 0.3) is 0 Å². The number of pyridine rings is 1. The molecule has 1 aliphatic heterocycles. The van der Waals surface area contributed by atoms with Gasteiger partial charge in [-0.1, -0.05) is 13.8 Å². The molecule has 0 aliphatic carbocycles. The van der Waals surface area contributed by atoms with Gasteiger partial charge in [0.25, 0.3) is 5.92 Å². The third-order valence-corrected chi connectivity index (χ3v) is 4.09. The number of rotatable bonds is 2. The Hall–Kier alpha value is -1.93. The van der Waals surface area contributed by atoms with Crippen LogP contribution in [0, 0.1) is 11.8 Å². The Morgan fingerprint density at radius 1 is 1.30 bits per heavy atom. The number of anilines is 1. The maximum absolute atomic E-state index is 13.8. The van der Waals surface area contributed by atoms with Gasteiger partial charge >= 0.3 is 6.18 Å². The lowest BCUT2D eigenvalue weighted by atomic mass is 9.87. The molecule has 1 aliphatic rings. The molecule has 2 heterocycles. The highest BCUT2D eigenvalue weighted by Crippen LogP contribution is 2.39. The molecule has 0 unspecified atom stereocenters. The van der Waals surface area contributed by atoms with Gasteiger partial charge in [0.2, 0.25) is 5.91 Å². The van der Waals surface area contributed by atoms with Crippen LogP contribution < -0.4 is 10.6 Å². The van der Waals surface area contributed by atoms with E-state index in [0.29, 0.717) is 6.20 Å². The van der Waals surface area contributed by atoms with Gasteiger partial charge in [-0.25, -0.2) is 13.8 Å². The summed E-state index contributed by atoms with van der Waals surface area (Å²) < 4.78 is 66.2. The Bertz CT molecular complexity index is 603. The first-order valence-electron chi connectivity index (χ1n) is 6.94. The molecule has 0 radical (unpaired) electrons. The van der Waals surface area contributed by atoms with E-state index < -0.39 is 41.0 Å². The lowest BCUT2D eigenvalue weighted by molar-refractivity contribution is -0.138. The summed E-state index contributed by atoms with van der Waals surface area (Å²) in [4.78, 5) is 16.4. The summed E-state index contributed by atoms with van der Waals surface area (Å²) in [5.41, 5.74) is 3.04. The topological polar surface area (TPSA) is 59.2 Å². The molecule has 1 amide bonds. The Kier molecular flexibility index (Phi) is 4.25. The summed E-state index contributed by atoms with van der Waals surface area (Å²) in [6.45, 7) is 2.57. The zero-order valence-electron chi connectivity index (χ0n) is 12.5. The second-order valence-corrected chi connectivity index (χ2v) is 5.83. The molecule has 1 fully saturated rings. The van der Waals surface area contributed by atoms with Crippen molar-refractivity contribution in [2.75, 3.05) is 18.0 Å². The molecule has 2 atom stereocenters. The predicted octanol–water partition coefficient (Wildman–Crippen LogP) is 2.93. The van der Waals surface area contributed by atoms with Crippen LogP contribution in [0.5, 0.6) is 0 Å². The molecule has 2 N–H and O–H groups in total. The molecule has 23 heavy (non-hydrogen) atoms. The number of amides is 1. The van der Waals surface area contributed by atoms with Crippen molar-refractivity contribution >= 4 is 11.7 Å². The van der Waals surface area contributed by atoms with Gasteiger partial charge in [-0.3, -0.25) is 4.79 Å². The van der Waals surface area contributed by atoms with Gasteiger partial charge in [0.05, 0.1) is 11.1 Å². The highest BCUT2D eigenvalue weighted by molar-refractivity contribution is 5.95. The van der Waals surface area contributed by atoms with Gasteiger partial charge in [0.15, 0.2) is 0 Å². The molecule has 2 rings (SSSR count). The minimum absolute atomic E-state index is 0.0287. The van der Waals surface area contributed by atoms with E-state index in [0.717, 1.165) is 6.07 Å². The fourth-order valence-corrected chi connectivity index (χ4v) is 2.70. The minimum Gasteiger partial charge on any atom is -0.366 e. The van der Waals surface area contributed by atoms with Crippen molar-refractivity contribution in [2.45, 2.75) is 25.9 Å². The third-order valence-electron chi connectivity index (χ3n) is 4.09. The van der Waals surface area contributed by atoms with Crippen molar-refractivity contribution < 1.29 is 26.7 Å². The highest BCUT2D eigenvalue weighted by Gasteiger charge is 2.47. The number of primary amides is 1. The predicted molar refractivity (Wildman–Crippen MR) is 73.2 cm³/mol. The summed E-state index contributed by atoms with van der Waals surface area (Å²) in [5.74, 6) is -6.07. The van der Waals surface area contributed by atoms with Crippen LogP contribution in [0.1, 0.15) is 29.8 Å². The summed E-state index contributed by atoms with van der Waals surface area (Å²) in [6.07, 6.45) is -4.26. The Morgan fingerprint density at radius 3 is 2.26 bits per heavy atom. The quantitative estimate of drug-likeness (QED) is 0.844. The number of aromatic nitrogens is 1. The van der Waals surface area contributed by atoms with E-state index in [4.69, 9.17) is 5.73 Å². The van der Waals surface area contributed by atoms with Gasteiger partial charge in [0, 0.05) is 31.1 Å². The van der Waals surface area contributed by atoms with Crippen molar-refractivity contribution in [1.82, 2.24) is 4.98 Å². The van der Waals surface area contributed by atoms with Crippen molar-refractivity contribution in [1.29, 1.82) is 0 Å². The van der Waals surface area contributed by atoms with Crippen LogP contribution in [0.3, 0.4) is 0 Å². The lowest BCUT2D eigenvalue weighted by Gasteiger charge is -2.41. The van der Waals surface area contributed by atoms with Gasteiger partial charge in [0.1, 0.15) is 5.82 Å². The molecule has 0 saturated carbocycles. The summed E-state index contributed by atoms with van der Waals surface area (Å²) in [6, 6.07) is 0.911. The summed E-state index contributed by atoms with van der Waals surface area (Å²) in [5, 5.41) is 0. The largest absolute Gasteiger partial charge is 0.418 e. The number of carbonyl (C=O) groups is 1. The molecular weight excluding hydrogens is 321 g/mol. The molecule has 9 heteroatoms. The average molecular weight is 337 g/mol. The van der Waals surface area contributed by atoms with E-state index >= 15 is 0 Å². The number of halogens is 5. The Labute approximate surface area is 129 Å². The Balaban J connectivity index is 2.39. The van der Waals surface area contributed by atoms with Crippen LogP contribution in [-0.2, 0) is 6.18 Å². The molecule has 1 aromatic rings. The maximum atomic E-state index is 13.8. The molecule has 1 aromatic heterocycles. The maximum Gasteiger partial charge on any atom is 0.418 e. The number of nitrogens with two attached hydrogens (primary N) is 1. The number of piperidine rings is 1. The molecule has 0 spiro atoms. The summed E-state index contributed by atoms with van der Waals surface area (Å²) in [7, 11) is 0. The van der Waals surface area contributed by atoms with Crippen molar-refractivity contribution in [2.24, 2.45) is 17.6 Å². The van der Waals surface area contributed by atoms with Crippen LogP contribution >= 0.6 is 0 Å². The van der Waals surface area contributed by atoms with E-state index in [9.17, 15) is 26.7 Å². The normalized spacial score (nSPS) is 24.6. The van der Waals surface area contributed by atoms with Gasteiger partial charge < -0.3 is 10.6 Å². The fourth-order valence-electron chi connectivity index (χ4n) is 2.70. The molecule has 1 saturated heterocycles. The second kappa shape index (κ2) is 5.61. The monoisotopic (exact) mass is 337 g/mol. The van der Waals surface area contributed by atoms with E-state index in [1.807, 2.05) is 0 Å². The number of alkyl halides is 5. The highest BCUT2D eigenvalue weighted by atomic mass is 19.4. The second-order valence-electron chi connectivity index (χ2n) is 5.83. The van der Waals surface area contributed by atoms with Gasteiger partial charge in [-0.2, -0.15) is 13.2 Å². The standard InChI is InChI=1S/C14H16F5N3O/c1-7-5-22(6-8(2)13(7,15)16)11-3-9(12(20)23)10(4-21-11)14(17,18)19/h3-4,7-8H,5-6H2,1-2H3,(H2,20,23)/t7-,8+. The van der Waals surface area contributed by atoms with Gasteiger partial charge in [-0.05, 0) is 6.07 Å². The molecule has 0 aromatic carbocycles. The van der Waals surface area contributed by atoms with E-state index in [-0.39, 0.29) is 18.9 Å². The van der Waals surface area contributed by atoms with Crippen LogP contribution in [0.2, 0.25) is 0 Å². The van der Waals surface area contributed by atoms with Crippen molar-refractivity contribution in [3.63, 3.8) is 0 Å². The number of carbonyl (C=O) groups excluding carboxylic acids is 1. The zero-order chi connectivity index (χ0) is 17.6. The van der Waals surface area contributed by atoms with Crippen LogP contribution in [0.4, 0.5) is 27.8 Å². The van der Waals surface area contributed by atoms with Crippen molar-refractivity contribution in [3.05, 3.63) is 23.4 Å². The van der Waals surface area contributed by atoms with Gasteiger partial charge in [-0.15, -0.1) is 0 Å². The number of nitrogens with zero attached hydrogens (tertiary/aromatic N) is 2. The number of hydrogen-bond donors (Lipinski definition) is 1. The number of hydrogen-bond acceptors (Lipinski definition) is 3. The first-order valence-corrected chi connectivity index (χ1v) is 6.94. The minimum atomic E-state index is -4.77. The lowest BCUT2D eigenvalue weighted by Crippen LogP contribution is -2.52. The van der Waals surface area contributed by atoms with E-state index in [1.165, 1.54) is 18.7 Å². The molecule has 0 bridgehead atoms. The van der Waals surface area contributed by atoms with E-state index in [2.05, 4.69) is 4.98 Å². The molecular formula is C14H16F5N3O. The molecule has 4 nitrogen and oxygen atoms in total. The fraction of sp³-hybridized carbons (Fsp3) is 0.571.